The van der Waals surface area contributed by atoms with Crippen LogP contribution < -0.4 is 4.74 Å². The maximum absolute atomic E-state index is 13.3. The minimum Gasteiger partial charge on any atom is -0.433 e. The first-order chi connectivity index (χ1) is 15.1. The van der Waals surface area contributed by atoms with Gasteiger partial charge in [0.2, 0.25) is 5.91 Å². The molecule has 3 heterocycles. The van der Waals surface area contributed by atoms with Gasteiger partial charge in [-0.3, -0.25) is 4.79 Å². The smallest absolute Gasteiger partial charge is 0.387 e. The monoisotopic (exact) mass is 484 g/mol. The summed E-state index contributed by atoms with van der Waals surface area (Å²) in [5.41, 5.74) is 1.03. The van der Waals surface area contributed by atoms with Crippen LogP contribution in [0.2, 0.25) is 5.15 Å². The number of amides is 1. The van der Waals surface area contributed by atoms with E-state index < -0.39 is 21.7 Å². The molecule has 2 aromatic heterocycles. The molecule has 170 valence electrons. The zero-order valence-corrected chi connectivity index (χ0v) is 18.7. The van der Waals surface area contributed by atoms with Gasteiger partial charge in [0.05, 0.1) is 21.4 Å². The van der Waals surface area contributed by atoms with Crippen LogP contribution in [0.4, 0.5) is 8.78 Å². The molecule has 0 bridgehead atoms. The summed E-state index contributed by atoms with van der Waals surface area (Å²) in [5, 5.41) is 4.36. The van der Waals surface area contributed by atoms with Gasteiger partial charge in [0.15, 0.2) is 15.6 Å². The first-order valence-corrected chi connectivity index (χ1v) is 11.6. The number of carbonyl (C=O) groups excluding carboxylic acids is 1. The Balaban J connectivity index is 1.85. The number of likely N-dealkylation sites (tertiary alicyclic amines) is 1. The highest BCUT2D eigenvalue weighted by molar-refractivity contribution is 7.92. The van der Waals surface area contributed by atoms with Gasteiger partial charge in [-0.1, -0.05) is 11.6 Å². The lowest BCUT2D eigenvalue weighted by atomic mass is 10.2. The van der Waals surface area contributed by atoms with Crippen LogP contribution in [-0.2, 0) is 14.6 Å². The third kappa shape index (κ3) is 4.02. The van der Waals surface area contributed by atoms with E-state index in [-0.39, 0.29) is 40.4 Å². The number of fused-ring (bicyclic) bond motifs is 1. The van der Waals surface area contributed by atoms with Crippen molar-refractivity contribution in [2.24, 2.45) is 0 Å². The predicted molar refractivity (Wildman–Crippen MR) is 113 cm³/mol. The van der Waals surface area contributed by atoms with Gasteiger partial charge in [0, 0.05) is 37.7 Å². The van der Waals surface area contributed by atoms with Crippen molar-refractivity contribution in [2.75, 3.05) is 13.1 Å². The quantitative estimate of drug-likeness (QED) is 0.515. The molecule has 0 saturated carbocycles. The standard InChI is InChI=1S/C20H19ClF2N4O4S/c1-11-15-9-24-19(21)8-16(15)27(25-11)17-7-13(3-4-18(17)31-20(22)23)32(29,30)14-5-6-26(10-14)12(2)28/h3-4,7-9,14,20H,5-6,10H2,1-2H3. The number of pyridine rings is 1. The van der Waals surface area contributed by atoms with Crippen LogP contribution in [0.15, 0.2) is 35.4 Å². The molecule has 1 aliphatic heterocycles. The van der Waals surface area contributed by atoms with E-state index in [1.165, 1.54) is 47.0 Å². The average Bonchev–Trinajstić information content (AvgIpc) is 3.34. The van der Waals surface area contributed by atoms with Crippen molar-refractivity contribution in [1.29, 1.82) is 0 Å². The van der Waals surface area contributed by atoms with Gasteiger partial charge in [-0.25, -0.2) is 18.1 Å². The Hall–Kier alpha value is -2.79. The van der Waals surface area contributed by atoms with Gasteiger partial charge in [-0.15, -0.1) is 0 Å². The minimum atomic E-state index is -3.85. The second kappa shape index (κ2) is 8.28. The second-order valence-electron chi connectivity index (χ2n) is 7.45. The highest BCUT2D eigenvalue weighted by atomic mass is 35.5. The van der Waals surface area contributed by atoms with Gasteiger partial charge >= 0.3 is 6.61 Å². The van der Waals surface area contributed by atoms with E-state index in [1.807, 2.05) is 0 Å². The Morgan fingerprint density at radius 1 is 1.31 bits per heavy atom. The van der Waals surface area contributed by atoms with Crippen molar-refractivity contribution < 1.29 is 26.7 Å². The number of hydrogen-bond donors (Lipinski definition) is 0. The summed E-state index contributed by atoms with van der Waals surface area (Å²) in [6, 6.07) is 5.16. The van der Waals surface area contributed by atoms with Gasteiger partial charge in [-0.2, -0.15) is 13.9 Å². The lowest BCUT2D eigenvalue weighted by molar-refractivity contribution is -0.127. The van der Waals surface area contributed by atoms with Gasteiger partial charge in [0.25, 0.3) is 0 Å². The predicted octanol–water partition coefficient (Wildman–Crippen LogP) is 3.38. The number of hydrogen-bond acceptors (Lipinski definition) is 6. The summed E-state index contributed by atoms with van der Waals surface area (Å²) in [5.74, 6) is -0.443. The first-order valence-electron chi connectivity index (χ1n) is 9.67. The van der Waals surface area contributed by atoms with Crippen LogP contribution in [0.3, 0.4) is 0 Å². The minimum absolute atomic E-state index is 0.0214. The molecule has 0 radical (unpaired) electrons. The summed E-state index contributed by atoms with van der Waals surface area (Å²) in [6.07, 6.45) is 1.79. The van der Waals surface area contributed by atoms with E-state index in [9.17, 15) is 22.0 Å². The molecule has 1 atom stereocenters. The molecular formula is C20H19ClF2N4O4S. The molecule has 1 aromatic carbocycles. The van der Waals surface area contributed by atoms with Crippen LogP contribution >= 0.6 is 11.6 Å². The number of alkyl halides is 2. The highest BCUT2D eigenvalue weighted by Gasteiger charge is 2.36. The zero-order chi connectivity index (χ0) is 23.2. The van der Waals surface area contributed by atoms with Crippen LogP contribution in [0.5, 0.6) is 5.75 Å². The molecule has 0 aliphatic carbocycles. The number of benzene rings is 1. The Morgan fingerprint density at radius 3 is 2.72 bits per heavy atom. The van der Waals surface area contributed by atoms with Gasteiger partial charge in [0.1, 0.15) is 10.8 Å². The Labute approximate surface area is 187 Å². The number of carbonyl (C=O) groups is 1. The number of sulfone groups is 1. The van der Waals surface area contributed by atoms with Crippen LogP contribution in [-0.4, -0.2) is 58.9 Å². The Bertz CT molecular complexity index is 1310. The number of rotatable bonds is 5. The number of halogens is 3. The summed E-state index contributed by atoms with van der Waals surface area (Å²) in [6.45, 7) is 0.385. The van der Waals surface area contributed by atoms with E-state index in [1.54, 1.807) is 6.92 Å². The third-order valence-corrected chi connectivity index (χ3v) is 7.83. The molecule has 32 heavy (non-hydrogen) atoms. The first kappa shape index (κ1) is 22.4. The van der Waals surface area contributed by atoms with Crippen molar-refractivity contribution in [3.8, 4) is 11.4 Å². The van der Waals surface area contributed by atoms with E-state index in [4.69, 9.17) is 11.6 Å². The molecule has 0 spiro atoms. The maximum atomic E-state index is 13.3. The molecule has 1 saturated heterocycles. The number of nitrogens with zero attached hydrogens (tertiary/aromatic N) is 4. The van der Waals surface area contributed by atoms with Crippen molar-refractivity contribution >= 4 is 38.2 Å². The van der Waals surface area contributed by atoms with Gasteiger partial charge < -0.3 is 9.64 Å². The summed E-state index contributed by atoms with van der Waals surface area (Å²) < 4.78 is 58.6. The SMILES string of the molecule is CC(=O)N1CCC(S(=O)(=O)c2ccc(OC(F)F)c(-n3nc(C)c4cnc(Cl)cc43)c2)C1. The molecule has 3 aromatic rings. The number of aromatic nitrogens is 3. The molecule has 8 nitrogen and oxygen atoms in total. The molecule has 1 unspecified atom stereocenters. The van der Waals surface area contributed by atoms with Crippen molar-refractivity contribution in [1.82, 2.24) is 19.7 Å². The highest BCUT2D eigenvalue weighted by Crippen LogP contribution is 2.33. The van der Waals surface area contributed by atoms with E-state index in [0.717, 1.165) is 0 Å². The van der Waals surface area contributed by atoms with Crippen LogP contribution in [0.1, 0.15) is 19.0 Å². The lowest BCUT2D eigenvalue weighted by Crippen LogP contribution is -2.30. The molecule has 4 rings (SSSR count). The molecule has 12 heteroatoms. The lowest BCUT2D eigenvalue weighted by Gasteiger charge is -2.17. The van der Waals surface area contributed by atoms with Crippen molar-refractivity contribution in [2.45, 2.75) is 37.0 Å². The Kier molecular flexibility index (Phi) is 5.80. The van der Waals surface area contributed by atoms with Crippen LogP contribution in [0, 0.1) is 6.92 Å². The molecule has 1 amide bonds. The fourth-order valence-electron chi connectivity index (χ4n) is 3.81. The summed E-state index contributed by atoms with van der Waals surface area (Å²) in [7, 11) is -3.85. The topological polar surface area (TPSA) is 94.4 Å². The molecular weight excluding hydrogens is 466 g/mol. The second-order valence-corrected chi connectivity index (χ2v) is 10.1. The molecule has 1 fully saturated rings. The fourth-order valence-corrected chi connectivity index (χ4v) is 5.67. The fraction of sp³-hybridized carbons (Fsp3) is 0.350. The van der Waals surface area contributed by atoms with E-state index >= 15 is 0 Å². The largest absolute Gasteiger partial charge is 0.433 e. The molecule has 1 aliphatic rings. The van der Waals surface area contributed by atoms with Crippen LogP contribution in [0.25, 0.3) is 16.6 Å². The maximum Gasteiger partial charge on any atom is 0.387 e. The number of ether oxygens (including phenoxy) is 1. The third-order valence-electron chi connectivity index (χ3n) is 5.45. The van der Waals surface area contributed by atoms with Crippen molar-refractivity contribution in [3.63, 3.8) is 0 Å². The normalized spacial score (nSPS) is 16.8. The van der Waals surface area contributed by atoms with Gasteiger partial charge in [-0.05, 0) is 31.5 Å². The zero-order valence-electron chi connectivity index (χ0n) is 17.1. The Morgan fingerprint density at radius 2 is 2.06 bits per heavy atom. The van der Waals surface area contributed by atoms with E-state index in [2.05, 4.69) is 14.8 Å². The number of aryl methyl sites for hydroxylation is 1. The molecule has 0 N–H and O–H groups in total. The summed E-state index contributed by atoms with van der Waals surface area (Å²) in [4.78, 5) is 17.0. The average molecular weight is 485 g/mol. The van der Waals surface area contributed by atoms with E-state index in [0.29, 0.717) is 23.1 Å². The summed E-state index contributed by atoms with van der Waals surface area (Å²) >= 11 is 6.01. The van der Waals surface area contributed by atoms with Crippen molar-refractivity contribution in [3.05, 3.63) is 41.3 Å².